The van der Waals surface area contributed by atoms with E-state index in [1.165, 1.54) is 18.4 Å². The smallest absolute Gasteiger partial charge is 0.0499 e. The molecular weight excluding hydrogens is 312 g/mol. The number of benzene rings is 1. The first-order valence-corrected chi connectivity index (χ1v) is 8.47. The maximum absolute atomic E-state index is 6.43. The number of piperidine rings is 1. The number of hydrogen-bond acceptors (Lipinski definition) is 2. The van der Waals surface area contributed by atoms with Crippen LogP contribution in [-0.4, -0.2) is 24.0 Å². The van der Waals surface area contributed by atoms with Gasteiger partial charge in [-0.15, -0.1) is 0 Å². The maximum atomic E-state index is 6.43. The molecule has 0 amide bonds. The molecule has 0 saturated carbocycles. The summed E-state index contributed by atoms with van der Waals surface area (Å²) in [5.74, 6) is 0. The molecular formula is C17H27BrN2. The summed E-state index contributed by atoms with van der Waals surface area (Å²) in [7, 11) is 0. The average Bonchev–Trinajstić information content (AvgIpc) is 2.42. The zero-order chi connectivity index (χ0) is 14.8. The Kier molecular flexibility index (Phi) is 5.27. The fraction of sp³-hybridized carbons (Fsp3) is 0.647. The summed E-state index contributed by atoms with van der Waals surface area (Å²) in [5, 5.41) is 0. The molecule has 20 heavy (non-hydrogen) atoms. The third-order valence-corrected chi connectivity index (χ3v) is 5.16. The van der Waals surface area contributed by atoms with Crippen LogP contribution in [-0.2, 0) is 0 Å². The second-order valence-electron chi connectivity index (χ2n) is 6.77. The van der Waals surface area contributed by atoms with Crippen molar-refractivity contribution in [3.8, 4) is 0 Å². The largest absolute Gasteiger partial charge is 0.326 e. The molecule has 2 rings (SSSR count). The Hall–Kier alpha value is -0.380. The summed E-state index contributed by atoms with van der Waals surface area (Å²) in [4.78, 5) is 2.59. The van der Waals surface area contributed by atoms with E-state index in [9.17, 15) is 0 Å². The molecule has 112 valence electrons. The molecule has 2 unspecified atom stereocenters. The molecule has 1 aliphatic rings. The van der Waals surface area contributed by atoms with E-state index in [0.29, 0.717) is 11.5 Å². The fourth-order valence-electron chi connectivity index (χ4n) is 3.02. The van der Waals surface area contributed by atoms with Crippen LogP contribution in [0.1, 0.15) is 51.6 Å². The standard InChI is InChI=1S/C17H27BrN2/c1-4-15(19)16(13-5-7-14(18)8-6-13)20-11-9-17(2,3)10-12-20/h5-8,15-16H,4,9-12,19H2,1-3H3. The molecule has 2 nitrogen and oxygen atoms in total. The van der Waals surface area contributed by atoms with E-state index in [-0.39, 0.29) is 6.04 Å². The topological polar surface area (TPSA) is 29.3 Å². The van der Waals surface area contributed by atoms with Crippen LogP contribution in [0, 0.1) is 5.41 Å². The van der Waals surface area contributed by atoms with E-state index in [2.05, 4.69) is 65.9 Å². The van der Waals surface area contributed by atoms with Crippen LogP contribution in [0.5, 0.6) is 0 Å². The van der Waals surface area contributed by atoms with Gasteiger partial charge in [0.15, 0.2) is 0 Å². The summed E-state index contributed by atoms with van der Waals surface area (Å²) in [6.07, 6.45) is 3.54. The number of nitrogens with two attached hydrogens (primary N) is 1. The SMILES string of the molecule is CCC(N)C(c1ccc(Br)cc1)N1CCC(C)(C)CC1. The van der Waals surface area contributed by atoms with Gasteiger partial charge in [-0.2, -0.15) is 0 Å². The fourth-order valence-corrected chi connectivity index (χ4v) is 3.28. The van der Waals surface area contributed by atoms with Crippen molar-refractivity contribution in [3.05, 3.63) is 34.3 Å². The average molecular weight is 339 g/mol. The first kappa shape index (κ1) is 16.0. The third kappa shape index (κ3) is 3.84. The van der Waals surface area contributed by atoms with Crippen molar-refractivity contribution in [2.24, 2.45) is 11.1 Å². The first-order chi connectivity index (χ1) is 9.43. The van der Waals surface area contributed by atoms with E-state index in [1.807, 2.05) is 0 Å². The second-order valence-corrected chi connectivity index (χ2v) is 7.68. The summed E-state index contributed by atoms with van der Waals surface area (Å²) in [5.41, 5.74) is 8.26. The van der Waals surface area contributed by atoms with Crippen LogP contribution >= 0.6 is 15.9 Å². The Morgan fingerprint density at radius 1 is 1.20 bits per heavy atom. The van der Waals surface area contributed by atoms with E-state index in [1.54, 1.807) is 0 Å². The maximum Gasteiger partial charge on any atom is 0.0499 e. The van der Waals surface area contributed by atoms with Crippen LogP contribution in [0.25, 0.3) is 0 Å². The van der Waals surface area contributed by atoms with Gasteiger partial charge in [-0.3, -0.25) is 4.90 Å². The molecule has 3 heteroatoms. The minimum atomic E-state index is 0.206. The van der Waals surface area contributed by atoms with Crippen LogP contribution in [0.15, 0.2) is 28.7 Å². The van der Waals surface area contributed by atoms with Crippen molar-refractivity contribution >= 4 is 15.9 Å². The molecule has 1 saturated heterocycles. The number of hydrogen-bond donors (Lipinski definition) is 1. The predicted molar refractivity (Wildman–Crippen MR) is 89.7 cm³/mol. The summed E-state index contributed by atoms with van der Waals surface area (Å²) in [6, 6.07) is 9.23. The van der Waals surface area contributed by atoms with Crippen molar-refractivity contribution < 1.29 is 0 Å². The van der Waals surface area contributed by atoms with Crippen molar-refractivity contribution in [2.45, 2.75) is 52.1 Å². The normalized spacial score (nSPS) is 22.4. The molecule has 0 aliphatic carbocycles. The van der Waals surface area contributed by atoms with Crippen molar-refractivity contribution in [3.63, 3.8) is 0 Å². The Balaban J connectivity index is 2.18. The summed E-state index contributed by atoms with van der Waals surface area (Å²) in [6.45, 7) is 9.24. The van der Waals surface area contributed by atoms with Gasteiger partial charge in [0, 0.05) is 16.6 Å². The van der Waals surface area contributed by atoms with Crippen LogP contribution in [0.2, 0.25) is 0 Å². The molecule has 2 atom stereocenters. The minimum absolute atomic E-state index is 0.206. The Labute approximate surface area is 131 Å². The lowest BCUT2D eigenvalue weighted by atomic mass is 9.81. The molecule has 1 aliphatic heterocycles. The molecule has 1 fully saturated rings. The Bertz CT molecular complexity index is 417. The Morgan fingerprint density at radius 2 is 1.75 bits per heavy atom. The first-order valence-electron chi connectivity index (χ1n) is 7.68. The zero-order valence-corrected chi connectivity index (χ0v) is 14.5. The molecule has 1 aromatic carbocycles. The third-order valence-electron chi connectivity index (χ3n) is 4.63. The molecule has 0 spiro atoms. The molecule has 1 heterocycles. The minimum Gasteiger partial charge on any atom is -0.326 e. The monoisotopic (exact) mass is 338 g/mol. The highest BCUT2D eigenvalue weighted by atomic mass is 79.9. The summed E-state index contributed by atoms with van der Waals surface area (Å²) < 4.78 is 1.13. The van der Waals surface area contributed by atoms with Gasteiger partial charge in [0.05, 0.1) is 0 Å². The van der Waals surface area contributed by atoms with E-state index >= 15 is 0 Å². The quantitative estimate of drug-likeness (QED) is 0.884. The summed E-state index contributed by atoms with van der Waals surface area (Å²) >= 11 is 3.51. The van der Waals surface area contributed by atoms with Crippen molar-refractivity contribution in [1.82, 2.24) is 4.90 Å². The number of rotatable bonds is 4. The van der Waals surface area contributed by atoms with Crippen LogP contribution in [0.4, 0.5) is 0 Å². The van der Waals surface area contributed by atoms with E-state index in [0.717, 1.165) is 24.0 Å². The van der Waals surface area contributed by atoms with Gasteiger partial charge >= 0.3 is 0 Å². The molecule has 1 aromatic rings. The van der Waals surface area contributed by atoms with Crippen molar-refractivity contribution in [2.75, 3.05) is 13.1 Å². The van der Waals surface area contributed by atoms with Gasteiger partial charge in [-0.25, -0.2) is 0 Å². The lowest BCUT2D eigenvalue weighted by Gasteiger charge is -2.43. The highest BCUT2D eigenvalue weighted by Crippen LogP contribution is 2.35. The number of nitrogens with zero attached hydrogens (tertiary/aromatic N) is 1. The molecule has 0 bridgehead atoms. The van der Waals surface area contributed by atoms with Gasteiger partial charge < -0.3 is 5.73 Å². The lowest BCUT2D eigenvalue weighted by molar-refractivity contribution is 0.0809. The zero-order valence-electron chi connectivity index (χ0n) is 12.9. The van der Waals surface area contributed by atoms with E-state index < -0.39 is 0 Å². The van der Waals surface area contributed by atoms with E-state index in [4.69, 9.17) is 5.73 Å². The van der Waals surface area contributed by atoms with Gasteiger partial charge in [0.25, 0.3) is 0 Å². The lowest BCUT2D eigenvalue weighted by Crippen LogP contribution is -2.46. The van der Waals surface area contributed by atoms with Gasteiger partial charge in [0.2, 0.25) is 0 Å². The Morgan fingerprint density at radius 3 is 2.25 bits per heavy atom. The molecule has 0 radical (unpaired) electrons. The second kappa shape index (κ2) is 6.59. The number of halogens is 1. The van der Waals surface area contributed by atoms with Gasteiger partial charge in [-0.05, 0) is 55.5 Å². The van der Waals surface area contributed by atoms with Gasteiger partial charge in [0.1, 0.15) is 0 Å². The highest BCUT2D eigenvalue weighted by Gasteiger charge is 2.32. The predicted octanol–water partition coefficient (Wildman–Crippen LogP) is 4.35. The van der Waals surface area contributed by atoms with Crippen LogP contribution in [0.3, 0.4) is 0 Å². The van der Waals surface area contributed by atoms with Crippen LogP contribution < -0.4 is 5.73 Å². The molecule has 2 N–H and O–H groups in total. The number of likely N-dealkylation sites (tertiary alicyclic amines) is 1. The highest BCUT2D eigenvalue weighted by molar-refractivity contribution is 9.10. The van der Waals surface area contributed by atoms with Crippen molar-refractivity contribution in [1.29, 1.82) is 0 Å². The van der Waals surface area contributed by atoms with Gasteiger partial charge in [-0.1, -0.05) is 48.8 Å². The molecule has 0 aromatic heterocycles.